The van der Waals surface area contributed by atoms with Crippen LogP contribution in [0.25, 0.3) is 44.8 Å². The number of para-hydroxylation sites is 1. The number of hydrogen-bond acceptors (Lipinski definition) is 5. The molecule has 0 bridgehead atoms. The molecule has 246 valence electrons. The Kier molecular flexibility index (Phi) is 10.5. The van der Waals surface area contributed by atoms with Gasteiger partial charge in [-0.2, -0.15) is 0 Å². The van der Waals surface area contributed by atoms with Gasteiger partial charge in [-0.05, 0) is 66.6 Å². The van der Waals surface area contributed by atoms with Crippen molar-refractivity contribution in [3.05, 3.63) is 126 Å². The maximum atomic E-state index is 14.1. The molecule has 9 heteroatoms. The molecule has 0 radical (unpaired) electrons. The lowest BCUT2D eigenvalue weighted by Crippen LogP contribution is -2.12. The summed E-state index contributed by atoms with van der Waals surface area (Å²) in [6, 6.07) is 28.3. The van der Waals surface area contributed by atoms with Crippen LogP contribution in [-0.2, 0) is 23.1 Å². The predicted octanol–water partition coefficient (Wildman–Crippen LogP) is 7.66. The Balaban J connectivity index is 1.34. The van der Waals surface area contributed by atoms with Crippen LogP contribution in [0.2, 0.25) is 0 Å². The number of carbonyl (C=O) groups is 1. The summed E-state index contributed by atoms with van der Waals surface area (Å²) < 4.78 is 43.2. The molecule has 0 fully saturated rings. The molecule has 0 spiro atoms. The summed E-state index contributed by atoms with van der Waals surface area (Å²) in [5.41, 5.74) is 11.9. The first-order chi connectivity index (χ1) is 23.4. The molecule has 6 aromatic rings. The van der Waals surface area contributed by atoms with Gasteiger partial charge in [-0.15, -0.1) is 0 Å². The summed E-state index contributed by atoms with van der Waals surface area (Å²) in [5, 5.41) is 1.04. The van der Waals surface area contributed by atoms with Crippen molar-refractivity contribution < 1.29 is 23.0 Å². The summed E-state index contributed by atoms with van der Waals surface area (Å²) in [7, 11) is 2.00. The van der Waals surface area contributed by atoms with Crippen LogP contribution in [0.15, 0.2) is 103 Å². The molecule has 4 aromatic carbocycles. The fourth-order valence-electron chi connectivity index (χ4n) is 5.90. The Hall–Kier alpha value is -4.96. The normalized spacial score (nSPS) is 11.4. The highest BCUT2D eigenvalue weighted by Crippen LogP contribution is 2.39. The standard InChI is InChI=1S/C39H38F2N4O3/c1-44-26-34(33-5-2-3-6-35(33)44)39-43-37(29-12-16-31(40)17-13-29)38(30-14-18-32(41)19-15-30)45(39)25-27-8-10-28(11-9-27)36(46)7-4-21-47-23-24-48-22-20-42/h2-3,5-6,8-19,26H,4,7,20-25,42H2,1H3. The van der Waals surface area contributed by atoms with Crippen LogP contribution < -0.4 is 5.73 Å². The number of ether oxygens (including phenoxy) is 2. The van der Waals surface area contributed by atoms with E-state index in [9.17, 15) is 13.6 Å². The summed E-state index contributed by atoms with van der Waals surface area (Å²) in [4.78, 5) is 18.1. The molecule has 48 heavy (non-hydrogen) atoms. The van der Waals surface area contributed by atoms with Crippen LogP contribution in [0.4, 0.5) is 8.78 Å². The van der Waals surface area contributed by atoms with E-state index in [2.05, 4.69) is 27.5 Å². The SMILES string of the molecule is Cn1cc(-c2nc(-c3ccc(F)cc3)c(-c3ccc(F)cc3)n2Cc2ccc(C(=O)CCCOCCOCCN)cc2)c2ccccc21. The zero-order valence-corrected chi connectivity index (χ0v) is 26.9. The Bertz CT molecular complexity index is 1980. The first-order valence-electron chi connectivity index (χ1n) is 16.1. The summed E-state index contributed by atoms with van der Waals surface area (Å²) in [6.07, 6.45) is 3.06. The third-order valence-corrected chi connectivity index (χ3v) is 8.28. The average molecular weight is 649 g/mol. The van der Waals surface area contributed by atoms with Crippen LogP contribution in [0.5, 0.6) is 0 Å². The van der Waals surface area contributed by atoms with Crippen molar-refractivity contribution in [1.82, 2.24) is 14.1 Å². The van der Waals surface area contributed by atoms with Crippen LogP contribution in [0.1, 0.15) is 28.8 Å². The number of carbonyl (C=O) groups excluding carboxylic acids is 1. The van der Waals surface area contributed by atoms with E-state index in [1.807, 2.05) is 43.4 Å². The Morgan fingerprint density at radius 1 is 0.792 bits per heavy atom. The van der Waals surface area contributed by atoms with Gasteiger partial charge in [-0.3, -0.25) is 4.79 Å². The van der Waals surface area contributed by atoms with Crippen molar-refractivity contribution in [2.75, 3.05) is 33.0 Å². The van der Waals surface area contributed by atoms with E-state index in [0.717, 1.165) is 44.7 Å². The van der Waals surface area contributed by atoms with Crippen molar-refractivity contribution >= 4 is 16.7 Å². The van der Waals surface area contributed by atoms with Gasteiger partial charge in [0, 0.05) is 72.5 Å². The number of Topliss-reactive ketones (excluding diaryl/α,β-unsaturated/α-hetero) is 1. The lowest BCUT2D eigenvalue weighted by atomic mass is 10.0. The molecular formula is C39H38F2N4O3. The van der Waals surface area contributed by atoms with Gasteiger partial charge in [0.25, 0.3) is 0 Å². The second-order valence-corrected chi connectivity index (χ2v) is 11.6. The maximum Gasteiger partial charge on any atom is 0.162 e. The lowest BCUT2D eigenvalue weighted by molar-refractivity contribution is 0.0489. The zero-order chi connectivity index (χ0) is 33.5. The smallest absolute Gasteiger partial charge is 0.162 e. The highest BCUT2D eigenvalue weighted by atomic mass is 19.1. The molecule has 0 saturated heterocycles. The second-order valence-electron chi connectivity index (χ2n) is 11.6. The van der Waals surface area contributed by atoms with Gasteiger partial charge < -0.3 is 24.3 Å². The molecule has 0 unspecified atom stereocenters. The first kappa shape index (κ1) is 33.0. The van der Waals surface area contributed by atoms with Crippen molar-refractivity contribution in [2.45, 2.75) is 19.4 Å². The third kappa shape index (κ3) is 7.44. The Morgan fingerprint density at radius 2 is 1.44 bits per heavy atom. The van der Waals surface area contributed by atoms with Crippen molar-refractivity contribution in [2.24, 2.45) is 12.8 Å². The van der Waals surface area contributed by atoms with E-state index >= 15 is 0 Å². The van der Waals surface area contributed by atoms with Crippen LogP contribution in [-0.4, -0.2) is 52.9 Å². The van der Waals surface area contributed by atoms with Crippen molar-refractivity contribution in [3.8, 4) is 33.9 Å². The minimum atomic E-state index is -0.342. The highest BCUT2D eigenvalue weighted by Gasteiger charge is 2.24. The average Bonchev–Trinajstić information content (AvgIpc) is 3.64. The molecular weight excluding hydrogens is 610 g/mol. The largest absolute Gasteiger partial charge is 0.379 e. The Morgan fingerprint density at radius 3 is 2.12 bits per heavy atom. The number of aromatic nitrogens is 3. The van der Waals surface area contributed by atoms with Gasteiger partial charge in [0.15, 0.2) is 5.78 Å². The number of nitrogens with zero attached hydrogens (tertiary/aromatic N) is 3. The molecule has 0 aliphatic carbocycles. The van der Waals surface area contributed by atoms with Gasteiger partial charge in [0.05, 0.1) is 31.2 Å². The molecule has 0 atom stereocenters. The summed E-state index contributed by atoms with van der Waals surface area (Å²) in [5.74, 6) is 0.0879. The number of fused-ring (bicyclic) bond motifs is 1. The van der Waals surface area contributed by atoms with Crippen LogP contribution in [0.3, 0.4) is 0 Å². The van der Waals surface area contributed by atoms with Crippen LogP contribution in [0, 0.1) is 11.6 Å². The van der Waals surface area contributed by atoms with E-state index in [4.69, 9.17) is 20.2 Å². The number of rotatable bonds is 15. The number of hydrogen-bond donors (Lipinski definition) is 1. The number of aryl methyl sites for hydroxylation is 1. The predicted molar refractivity (Wildman–Crippen MR) is 185 cm³/mol. The minimum Gasteiger partial charge on any atom is -0.379 e. The molecule has 0 saturated carbocycles. The molecule has 7 nitrogen and oxygen atoms in total. The number of halogens is 2. The van der Waals surface area contributed by atoms with E-state index < -0.39 is 0 Å². The van der Waals surface area contributed by atoms with E-state index in [1.165, 1.54) is 24.3 Å². The van der Waals surface area contributed by atoms with Crippen LogP contribution >= 0.6 is 0 Å². The molecule has 0 aliphatic rings. The minimum absolute atomic E-state index is 0.0502. The fraction of sp³-hybridized carbons (Fsp3) is 0.231. The van der Waals surface area contributed by atoms with Crippen molar-refractivity contribution in [1.29, 1.82) is 0 Å². The molecule has 2 N–H and O–H groups in total. The van der Waals surface area contributed by atoms with Gasteiger partial charge in [-0.25, -0.2) is 13.8 Å². The number of imidazole rings is 1. The Labute approximate surface area is 278 Å². The topological polar surface area (TPSA) is 84.3 Å². The molecule has 2 aromatic heterocycles. The fourth-order valence-corrected chi connectivity index (χ4v) is 5.90. The summed E-state index contributed by atoms with van der Waals surface area (Å²) >= 11 is 0. The lowest BCUT2D eigenvalue weighted by Gasteiger charge is -2.14. The summed E-state index contributed by atoms with van der Waals surface area (Å²) in [6.45, 7) is 2.85. The van der Waals surface area contributed by atoms with E-state index in [-0.39, 0.29) is 17.4 Å². The van der Waals surface area contributed by atoms with E-state index in [0.29, 0.717) is 63.6 Å². The van der Waals surface area contributed by atoms with Gasteiger partial charge >= 0.3 is 0 Å². The zero-order valence-electron chi connectivity index (χ0n) is 26.9. The molecule has 0 amide bonds. The van der Waals surface area contributed by atoms with E-state index in [1.54, 1.807) is 24.3 Å². The number of nitrogens with two attached hydrogens (primary N) is 1. The molecule has 6 rings (SSSR count). The van der Waals surface area contributed by atoms with Gasteiger partial charge in [0.1, 0.15) is 17.5 Å². The monoisotopic (exact) mass is 648 g/mol. The second kappa shape index (κ2) is 15.3. The van der Waals surface area contributed by atoms with Crippen molar-refractivity contribution in [3.63, 3.8) is 0 Å². The molecule has 2 heterocycles. The molecule has 0 aliphatic heterocycles. The third-order valence-electron chi connectivity index (χ3n) is 8.28. The number of ketones is 1. The maximum absolute atomic E-state index is 14.1. The first-order valence-corrected chi connectivity index (χ1v) is 16.1. The van der Waals surface area contributed by atoms with Gasteiger partial charge in [-0.1, -0.05) is 42.5 Å². The number of benzene rings is 4. The highest BCUT2D eigenvalue weighted by molar-refractivity contribution is 5.97. The quantitative estimate of drug-likeness (QED) is 0.0914. The van der Waals surface area contributed by atoms with Gasteiger partial charge in [0.2, 0.25) is 0 Å².